The number of carbonyl (C=O) groups is 1. The maximum absolute atomic E-state index is 13.2. The minimum atomic E-state index is -4.09. The van der Waals surface area contributed by atoms with Crippen LogP contribution in [-0.2, 0) is 14.8 Å². The molecule has 0 bridgehead atoms. The van der Waals surface area contributed by atoms with Gasteiger partial charge in [0.25, 0.3) is 10.0 Å². The first-order valence-corrected chi connectivity index (χ1v) is 9.59. The van der Waals surface area contributed by atoms with Crippen LogP contribution >= 0.6 is 23.2 Å². The molecule has 0 radical (unpaired) electrons. The number of halogens is 2. The first-order valence-electron chi connectivity index (χ1n) is 7.40. The van der Waals surface area contributed by atoms with Gasteiger partial charge in [-0.15, -0.1) is 0 Å². The van der Waals surface area contributed by atoms with Gasteiger partial charge in [0.05, 0.1) is 17.1 Å². The lowest BCUT2D eigenvalue weighted by Gasteiger charge is -2.26. The van der Waals surface area contributed by atoms with E-state index < -0.39 is 16.0 Å². The van der Waals surface area contributed by atoms with Crippen molar-refractivity contribution in [1.29, 1.82) is 0 Å². The molecule has 8 heteroatoms. The Hall–Kier alpha value is -1.76. The molecule has 2 aromatic carbocycles. The Kier molecular flexibility index (Phi) is 5.98. The topological polar surface area (TPSA) is 74.7 Å². The van der Waals surface area contributed by atoms with Gasteiger partial charge in [-0.25, -0.2) is 8.42 Å². The molecule has 0 amide bonds. The van der Waals surface area contributed by atoms with Crippen molar-refractivity contribution in [2.45, 2.75) is 25.2 Å². The monoisotopic (exact) mass is 401 g/mol. The first kappa shape index (κ1) is 19.6. The maximum atomic E-state index is 13.2. The fourth-order valence-corrected chi connectivity index (χ4v) is 4.61. The maximum Gasteiger partial charge on any atom is 0.305 e. The second kappa shape index (κ2) is 7.64. The number of aryl methyl sites for hydroxylation is 2. The molecule has 0 spiro atoms. The molecule has 1 N–H and O–H groups in total. The minimum Gasteiger partial charge on any atom is -0.481 e. The highest BCUT2D eigenvalue weighted by atomic mass is 35.5. The molecule has 0 unspecified atom stereocenters. The van der Waals surface area contributed by atoms with E-state index in [9.17, 15) is 13.2 Å². The van der Waals surface area contributed by atoms with Crippen LogP contribution in [0.2, 0.25) is 10.0 Å². The summed E-state index contributed by atoms with van der Waals surface area (Å²) in [5.74, 6) is -1.09. The lowest BCUT2D eigenvalue weighted by Crippen LogP contribution is -2.34. The minimum absolute atomic E-state index is 0.0232. The average molecular weight is 402 g/mol. The Bertz CT molecular complexity index is 913. The molecule has 0 saturated carbocycles. The Balaban J connectivity index is 2.63. The van der Waals surface area contributed by atoms with E-state index in [0.29, 0.717) is 11.3 Å². The summed E-state index contributed by atoms with van der Waals surface area (Å²) in [4.78, 5) is 10.8. The van der Waals surface area contributed by atoms with E-state index in [0.717, 1.165) is 9.87 Å². The van der Waals surface area contributed by atoms with Crippen molar-refractivity contribution in [1.82, 2.24) is 0 Å². The van der Waals surface area contributed by atoms with Crippen LogP contribution in [0.3, 0.4) is 0 Å². The summed E-state index contributed by atoms with van der Waals surface area (Å²) in [5.41, 5.74) is 1.98. The van der Waals surface area contributed by atoms with E-state index in [-0.39, 0.29) is 27.9 Å². The lowest BCUT2D eigenvalue weighted by atomic mass is 10.1. The first-order chi connectivity index (χ1) is 11.6. The third kappa shape index (κ3) is 4.45. The van der Waals surface area contributed by atoms with E-state index in [1.54, 1.807) is 19.1 Å². The Labute approximate surface area is 156 Å². The standard InChI is InChI=1S/C17H17Cl2NO4S/c1-11-3-4-12(2)15(9-11)20(8-7-17(21)22)25(23,24)16-10-13(18)5-6-14(16)19/h3-6,9-10H,7-8H2,1-2H3,(H,21,22). The highest BCUT2D eigenvalue weighted by Crippen LogP contribution is 2.32. The van der Waals surface area contributed by atoms with Crippen molar-refractivity contribution < 1.29 is 18.3 Å². The van der Waals surface area contributed by atoms with Crippen LogP contribution in [0.1, 0.15) is 17.5 Å². The highest BCUT2D eigenvalue weighted by molar-refractivity contribution is 7.93. The quantitative estimate of drug-likeness (QED) is 0.783. The molecule has 5 nitrogen and oxygen atoms in total. The fourth-order valence-electron chi connectivity index (χ4n) is 2.35. The van der Waals surface area contributed by atoms with Crippen LogP contribution < -0.4 is 4.31 Å². The van der Waals surface area contributed by atoms with E-state index in [1.807, 2.05) is 13.0 Å². The average Bonchev–Trinajstić information content (AvgIpc) is 2.52. The number of hydrogen-bond donors (Lipinski definition) is 1. The van der Waals surface area contributed by atoms with E-state index >= 15 is 0 Å². The Morgan fingerprint density at radius 1 is 1.12 bits per heavy atom. The van der Waals surface area contributed by atoms with Crippen molar-refractivity contribution in [2.24, 2.45) is 0 Å². The van der Waals surface area contributed by atoms with Crippen LogP contribution in [-0.4, -0.2) is 26.0 Å². The predicted octanol–water partition coefficient (Wildman–Crippen LogP) is 4.28. The van der Waals surface area contributed by atoms with Gasteiger partial charge in [0.1, 0.15) is 4.90 Å². The predicted molar refractivity (Wildman–Crippen MR) is 99.2 cm³/mol. The number of nitrogens with zero attached hydrogens (tertiary/aromatic N) is 1. The molecule has 0 aliphatic heterocycles. The fraction of sp³-hybridized carbons (Fsp3) is 0.235. The van der Waals surface area contributed by atoms with Crippen LogP contribution in [0, 0.1) is 13.8 Å². The summed E-state index contributed by atoms with van der Waals surface area (Å²) in [6, 6.07) is 9.49. The molecule has 0 aliphatic rings. The summed E-state index contributed by atoms with van der Waals surface area (Å²) in [5, 5.41) is 9.25. The number of benzene rings is 2. The summed E-state index contributed by atoms with van der Waals surface area (Å²) in [7, 11) is -4.09. The second-order valence-electron chi connectivity index (χ2n) is 5.59. The van der Waals surface area contributed by atoms with Crippen LogP contribution in [0.15, 0.2) is 41.3 Å². The molecule has 0 fully saturated rings. The molecule has 0 atom stereocenters. The summed E-state index contributed by atoms with van der Waals surface area (Å²) >= 11 is 12.0. The van der Waals surface area contributed by atoms with Crippen LogP contribution in [0.5, 0.6) is 0 Å². The number of hydrogen-bond acceptors (Lipinski definition) is 3. The summed E-state index contributed by atoms with van der Waals surface area (Å²) in [6.45, 7) is 3.37. The van der Waals surface area contributed by atoms with Crippen LogP contribution in [0.4, 0.5) is 5.69 Å². The SMILES string of the molecule is Cc1ccc(C)c(N(CCC(=O)O)S(=O)(=O)c2cc(Cl)ccc2Cl)c1. The van der Waals surface area contributed by atoms with Gasteiger partial charge in [-0.3, -0.25) is 9.10 Å². The molecule has 0 aromatic heterocycles. The summed E-state index contributed by atoms with van der Waals surface area (Å²) in [6.07, 6.45) is -0.342. The van der Waals surface area contributed by atoms with Gasteiger partial charge in [0.15, 0.2) is 0 Å². The zero-order chi connectivity index (χ0) is 18.8. The molecule has 0 heterocycles. The zero-order valence-electron chi connectivity index (χ0n) is 13.7. The molecular formula is C17H17Cl2NO4S. The van der Waals surface area contributed by atoms with Crippen molar-refractivity contribution in [2.75, 3.05) is 10.8 Å². The van der Waals surface area contributed by atoms with Gasteiger partial charge in [-0.2, -0.15) is 0 Å². The molecule has 0 saturated heterocycles. The third-order valence-electron chi connectivity index (χ3n) is 3.62. The van der Waals surface area contributed by atoms with Gasteiger partial charge in [0.2, 0.25) is 0 Å². The number of anilines is 1. The Morgan fingerprint density at radius 2 is 1.80 bits per heavy atom. The zero-order valence-corrected chi connectivity index (χ0v) is 16.0. The van der Waals surface area contributed by atoms with Crippen molar-refractivity contribution in [3.8, 4) is 0 Å². The van der Waals surface area contributed by atoms with Gasteiger partial charge < -0.3 is 5.11 Å². The molecule has 134 valence electrons. The number of aliphatic carboxylic acids is 1. The van der Waals surface area contributed by atoms with E-state index in [2.05, 4.69) is 0 Å². The van der Waals surface area contributed by atoms with Crippen molar-refractivity contribution >= 4 is 44.9 Å². The lowest BCUT2D eigenvalue weighted by molar-refractivity contribution is -0.136. The van der Waals surface area contributed by atoms with Crippen molar-refractivity contribution in [3.63, 3.8) is 0 Å². The number of sulfonamides is 1. The molecule has 0 aliphatic carbocycles. The number of rotatable bonds is 6. The number of carboxylic acids is 1. The molecule has 25 heavy (non-hydrogen) atoms. The van der Waals surface area contributed by atoms with E-state index in [1.165, 1.54) is 18.2 Å². The van der Waals surface area contributed by atoms with Crippen LogP contribution in [0.25, 0.3) is 0 Å². The summed E-state index contributed by atoms with van der Waals surface area (Å²) < 4.78 is 27.4. The highest BCUT2D eigenvalue weighted by Gasteiger charge is 2.29. The second-order valence-corrected chi connectivity index (χ2v) is 8.26. The van der Waals surface area contributed by atoms with Gasteiger partial charge in [-0.1, -0.05) is 35.3 Å². The largest absolute Gasteiger partial charge is 0.481 e. The van der Waals surface area contributed by atoms with E-state index in [4.69, 9.17) is 28.3 Å². The molecule has 2 aromatic rings. The normalized spacial score (nSPS) is 11.4. The van der Waals surface area contributed by atoms with Crippen molar-refractivity contribution in [3.05, 3.63) is 57.6 Å². The third-order valence-corrected chi connectivity index (χ3v) is 6.15. The Morgan fingerprint density at radius 3 is 2.44 bits per heavy atom. The van der Waals surface area contributed by atoms with Gasteiger partial charge in [0, 0.05) is 11.6 Å². The smallest absolute Gasteiger partial charge is 0.305 e. The van der Waals surface area contributed by atoms with Gasteiger partial charge >= 0.3 is 5.97 Å². The van der Waals surface area contributed by atoms with Gasteiger partial charge in [-0.05, 0) is 49.2 Å². The molecular weight excluding hydrogens is 385 g/mol. The number of carboxylic acid groups (broad SMARTS) is 1. The molecule has 2 rings (SSSR count).